The molecule has 28 heavy (non-hydrogen) atoms. The van der Waals surface area contributed by atoms with E-state index in [9.17, 15) is 14.9 Å². The van der Waals surface area contributed by atoms with E-state index in [1.165, 1.54) is 23.5 Å². The monoisotopic (exact) mass is 416 g/mol. The van der Waals surface area contributed by atoms with Crippen molar-refractivity contribution in [1.29, 1.82) is 0 Å². The predicted molar refractivity (Wildman–Crippen MR) is 111 cm³/mol. The van der Waals surface area contributed by atoms with E-state index >= 15 is 0 Å². The van der Waals surface area contributed by atoms with Crippen LogP contribution in [0.1, 0.15) is 12.8 Å². The van der Waals surface area contributed by atoms with Gasteiger partial charge in [-0.25, -0.2) is 4.98 Å². The average molecular weight is 417 g/mol. The zero-order valence-electron chi connectivity index (χ0n) is 14.8. The summed E-state index contributed by atoms with van der Waals surface area (Å²) < 4.78 is 0.681. The van der Waals surface area contributed by atoms with Gasteiger partial charge in [0.05, 0.1) is 15.1 Å². The summed E-state index contributed by atoms with van der Waals surface area (Å²) in [4.78, 5) is 29.7. The second-order valence-electron chi connectivity index (χ2n) is 6.66. The maximum Gasteiger partial charge on any atom is 0.270 e. The van der Waals surface area contributed by atoms with Gasteiger partial charge in [0.25, 0.3) is 5.69 Å². The molecule has 3 aromatic rings. The molecule has 2 heterocycles. The number of hydrogen-bond acceptors (Lipinski definition) is 6. The van der Waals surface area contributed by atoms with Gasteiger partial charge >= 0.3 is 0 Å². The number of nitro groups is 1. The van der Waals surface area contributed by atoms with Gasteiger partial charge < -0.3 is 10.2 Å². The number of piperidine rings is 1. The Kier molecular flexibility index (Phi) is 5.15. The second kappa shape index (κ2) is 7.73. The Bertz CT molecular complexity index is 1050. The van der Waals surface area contributed by atoms with Gasteiger partial charge in [-0.1, -0.05) is 29.0 Å². The number of carbonyl (C=O) groups excluding carboxylic acids is 1. The summed E-state index contributed by atoms with van der Waals surface area (Å²) in [5.74, 6) is -0.143. The first kappa shape index (κ1) is 18.6. The largest absolute Gasteiger partial charge is 0.371 e. The van der Waals surface area contributed by atoms with E-state index < -0.39 is 4.92 Å². The molecule has 0 bridgehead atoms. The van der Waals surface area contributed by atoms with E-state index in [2.05, 4.69) is 15.2 Å². The molecule has 1 fully saturated rings. The molecule has 144 valence electrons. The number of rotatable bonds is 4. The number of carbonyl (C=O) groups is 1. The fourth-order valence-electron chi connectivity index (χ4n) is 3.36. The summed E-state index contributed by atoms with van der Waals surface area (Å²) in [7, 11) is 0. The fourth-order valence-corrected chi connectivity index (χ4v) is 4.45. The summed E-state index contributed by atoms with van der Waals surface area (Å²) in [6.45, 7) is 1.56. The number of benzene rings is 2. The lowest BCUT2D eigenvalue weighted by Crippen LogP contribution is -2.38. The third-order valence-corrected chi connectivity index (χ3v) is 6.02. The van der Waals surface area contributed by atoms with Crippen molar-refractivity contribution in [1.82, 2.24) is 4.98 Å². The van der Waals surface area contributed by atoms with E-state index in [1.807, 2.05) is 24.3 Å². The van der Waals surface area contributed by atoms with Crippen LogP contribution in [0.2, 0.25) is 5.02 Å². The molecule has 0 radical (unpaired) electrons. The molecule has 1 aromatic heterocycles. The molecule has 4 rings (SSSR count). The maximum absolute atomic E-state index is 12.6. The highest BCUT2D eigenvalue weighted by Gasteiger charge is 2.26. The molecule has 1 amide bonds. The van der Waals surface area contributed by atoms with Crippen molar-refractivity contribution in [2.45, 2.75) is 12.8 Å². The van der Waals surface area contributed by atoms with E-state index in [0.29, 0.717) is 20.4 Å². The maximum atomic E-state index is 12.6. The number of nitro benzene ring substituents is 1. The Hall–Kier alpha value is -2.71. The number of fused-ring (bicyclic) bond motifs is 1. The minimum Gasteiger partial charge on any atom is -0.371 e. The van der Waals surface area contributed by atoms with Crippen LogP contribution in [0.5, 0.6) is 0 Å². The number of thiazole rings is 1. The van der Waals surface area contributed by atoms with Gasteiger partial charge in [-0.3, -0.25) is 14.9 Å². The number of nitrogens with one attached hydrogen (secondary N) is 1. The van der Waals surface area contributed by atoms with E-state index in [-0.39, 0.29) is 17.5 Å². The van der Waals surface area contributed by atoms with Gasteiger partial charge in [0.2, 0.25) is 5.91 Å². The third-order valence-electron chi connectivity index (χ3n) is 4.85. The number of halogens is 1. The lowest BCUT2D eigenvalue weighted by molar-refractivity contribution is -0.384. The number of nitrogens with zero attached hydrogens (tertiary/aromatic N) is 3. The van der Waals surface area contributed by atoms with Crippen LogP contribution in [0.3, 0.4) is 0 Å². The molecule has 0 saturated carbocycles. The zero-order valence-corrected chi connectivity index (χ0v) is 16.4. The van der Waals surface area contributed by atoms with Crippen molar-refractivity contribution in [2.75, 3.05) is 23.3 Å². The van der Waals surface area contributed by atoms with Crippen LogP contribution < -0.4 is 10.2 Å². The number of anilines is 2. The van der Waals surface area contributed by atoms with Gasteiger partial charge in [-0.15, -0.1) is 0 Å². The smallest absolute Gasteiger partial charge is 0.270 e. The first-order valence-corrected chi connectivity index (χ1v) is 10.1. The van der Waals surface area contributed by atoms with Gasteiger partial charge in [0, 0.05) is 41.9 Å². The van der Waals surface area contributed by atoms with Gasteiger partial charge in [0.1, 0.15) is 0 Å². The molecular formula is C19H17ClN4O3S. The Balaban J connectivity index is 1.39. The molecule has 7 nitrogen and oxygen atoms in total. The minimum absolute atomic E-state index is 0.0161. The van der Waals surface area contributed by atoms with Crippen molar-refractivity contribution in [3.8, 4) is 0 Å². The number of hydrogen-bond donors (Lipinski definition) is 1. The normalized spacial score (nSPS) is 15.0. The van der Waals surface area contributed by atoms with Gasteiger partial charge in [-0.2, -0.15) is 0 Å². The van der Waals surface area contributed by atoms with E-state index in [1.54, 1.807) is 6.07 Å². The number of aromatic nitrogens is 1. The summed E-state index contributed by atoms with van der Waals surface area (Å²) in [6.07, 6.45) is 1.49. The molecular weight excluding hydrogens is 400 g/mol. The van der Waals surface area contributed by atoms with Crippen LogP contribution in [0, 0.1) is 16.0 Å². The number of non-ortho nitro benzene ring substituents is 1. The minimum atomic E-state index is -0.439. The Morgan fingerprint density at radius 1 is 1.25 bits per heavy atom. The molecule has 0 aliphatic carbocycles. The Morgan fingerprint density at radius 3 is 2.75 bits per heavy atom. The summed E-state index contributed by atoms with van der Waals surface area (Å²) in [5.41, 5.74) is 1.73. The van der Waals surface area contributed by atoms with Crippen LogP contribution in [0.4, 0.5) is 16.5 Å². The van der Waals surface area contributed by atoms with Crippen molar-refractivity contribution >= 4 is 55.6 Å². The van der Waals surface area contributed by atoms with Crippen molar-refractivity contribution in [3.05, 3.63) is 57.6 Å². The Morgan fingerprint density at radius 2 is 2.04 bits per heavy atom. The Labute approximate surface area is 170 Å². The lowest BCUT2D eigenvalue weighted by Gasteiger charge is -2.32. The van der Waals surface area contributed by atoms with E-state index in [0.717, 1.165) is 31.6 Å². The molecule has 0 atom stereocenters. The first-order chi connectivity index (χ1) is 13.5. The second-order valence-corrected chi connectivity index (χ2v) is 8.13. The standard InChI is InChI=1S/C19H17ClN4O3S/c20-13-2-1-3-14(10-13)23-8-6-12(7-9-23)18(25)22-19-21-16-5-4-15(24(26)27)11-17(16)28-19/h1-5,10-12H,6-9H2,(H,21,22,25). The van der Waals surface area contributed by atoms with Crippen LogP contribution in [-0.2, 0) is 4.79 Å². The number of amides is 1. The van der Waals surface area contributed by atoms with Gasteiger partial charge in [-0.05, 0) is 37.1 Å². The van der Waals surface area contributed by atoms with Crippen LogP contribution in [0.25, 0.3) is 10.2 Å². The highest BCUT2D eigenvalue weighted by Crippen LogP contribution is 2.31. The quantitative estimate of drug-likeness (QED) is 0.491. The summed E-state index contributed by atoms with van der Waals surface area (Å²) >= 11 is 7.31. The molecule has 1 aliphatic rings. The molecule has 9 heteroatoms. The molecule has 1 aliphatic heterocycles. The molecule has 0 spiro atoms. The molecule has 1 saturated heterocycles. The molecule has 2 aromatic carbocycles. The van der Waals surface area contributed by atoms with Crippen LogP contribution >= 0.6 is 22.9 Å². The van der Waals surface area contributed by atoms with Crippen LogP contribution in [0.15, 0.2) is 42.5 Å². The highest BCUT2D eigenvalue weighted by atomic mass is 35.5. The predicted octanol–water partition coefficient (Wildman–Crippen LogP) is 4.71. The van der Waals surface area contributed by atoms with Gasteiger partial charge in [0.15, 0.2) is 5.13 Å². The summed E-state index contributed by atoms with van der Waals surface area (Å²) in [5, 5.41) is 14.9. The average Bonchev–Trinajstić information content (AvgIpc) is 3.09. The highest BCUT2D eigenvalue weighted by molar-refractivity contribution is 7.22. The first-order valence-electron chi connectivity index (χ1n) is 8.86. The zero-order chi connectivity index (χ0) is 19.7. The van der Waals surface area contributed by atoms with Crippen molar-refractivity contribution in [2.24, 2.45) is 5.92 Å². The third kappa shape index (κ3) is 3.93. The SMILES string of the molecule is O=C(Nc1nc2ccc([N+](=O)[O-])cc2s1)C1CCN(c2cccc(Cl)c2)CC1. The van der Waals surface area contributed by atoms with Crippen molar-refractivity contribution < 1.29 is 9.72 Å². The molecule has 1 N–H and O–H groups in total. The lowest BCUT2D eigenvalue weighted by atomic mass is 9.95. The van der Waals surface area contributed by atoms with Crippen LogP contribution in [-0.4, -0.2) is 28.9 Å². The summed E-state index contributed by atoms with van der Waals surface area (Å²) in [6, 6.07) is 12.2. The topological polar surface area (TPSA) is 88.4 Å². The van der Waals surface area contributed by atoms with Crippen molar-refractivity contribution in [3.63, 3.8) is 0 Å². The molecule has 0 unspecified atom stereocenters. The van der Waals surface area contributed by atoms with E-state index in [4.69, 9.17) is 11.6 Å². The fraction of sp³-hybridized carbons (Fsp3) is 0.263.